The summed E-state index contributed by atoms with van der Waals surface area (Å²) in [5.74, 6) is -2.69. The molecule has 7 nitrogen and oxygen atoms in total. The standard InChI is InChI=1S/C14H14N2O5/c1-8-2-3-9-10(6-8)14(21)16(13(9)20)5-4-15-11(17)7-12(18)19/h2-3,6H,4-5,7H2,1H3,(H,15,17)(H,18,19). The van der Waals surface area contributed by atoms with E-state index >= 15 is 0 Å². The molecule has 1 heterocycles. The molecule has 2 N–H and O–H groups in total. The van der Waals surface area contributed by atoms with Crippen molar-refractivity contribution in [3.8, 4) is 0 Å². The lowest BCUT2D eigenvalue weighted by Gasteiger charge is -2.13. The zero-order valence-corrected chi connectivity index (χ0v) is 11.4. The Morgan fingerprint density at radius 2 is 1.86 bits per heavy atom. The number of carboxylic acids is 1. The molecule has 110 valence electrons. The fourth-order valence-corrected chi connectivity index (χ4v) is 2.11. The van der Waals surface area contributed by atoms with Gasteiger partial charge in [0.2, 0.25) is 5.91 Å². The Kier molecular flexibility index (Phi) is 4.02. The smallest absolute Gasteiger partial charge is 0.312 e. The van der Waals surface area contributed by atoms with Gasteiger partial charge in [-0.05, 0) is 19.1 Å². The van der Waals surface area contributed by atoms with Crippen LogP contribution in [-0.4, -0.2) is 46.8 Å². The third-order valence-corrected chi connectivity index (χ3v) is 3.10. The number of imide groups is 1. The van der Waals surface area contributed by atoms with Gasteiger partial charge in [-0.1, -0.05) is 11.6 Å². The number of carbonyl (C=O) groups is 4. The minimum atomic E-state index is -1.23. The Labute approximate surface area is 120 Å². The Balaban J connectivity index is 1.97. The molecule has 0 bridgehead atoms. The van der Waals surface area contributed by atoms with Crippen LogP contribution in [0.1, 0.15) is 32.7 Å². The highest BCUT2D eigenvalue weighted by atomic mass is 16.4. The average Bonchev–Trinajstić information content (AvgIpc) is 2.62. The van der Waals surface area contributed by atoms with Gasteiger partial charge >= 0.3 is 5.97 Å². The summed E-state index contributed by atoms with van der Waals surface area (Å²) in [4.78, 5) is 46.7. The largest absolute Gasteiger partial charge is 0.481 e. The maximum atomic E-state index is 12.1. The molecule has 21 heavy (non-hydrogen) atoms. The zero-order chi connectivity index (χ0) is 15.6. The molecule has 2 rings (SSSR count). The molecule has 0 radical (unpaired) electrons. The summed E-state index contributed by atoms with van der Waals surface area (Å²) in [6.07, 6.45) is -0.638. The van der Waals surface area contributed by atoms with E-state index in [4.69, 9.17) is 5.11 Å². The first-order valence-electron chi connectivity index (χ1n) is 6.35. The van der Waals surface area contributed by atoms with Crippen LogP contribution in [0.2, 0.25) is 0 Å². The number of aryl methyl sites for hydroxylation is 1. The molecule has 1 aromatic rings. The lowest BCUT2D eigenvalue weighted by molar-refractivity contribution is -0.140. The van der Waals surface area contributed by atoms with Crippen LogP contribution in [0.25, 0.3) is 0 Å². The second kappa shape index (κ2) is 5.74. The van der Waals surface area contributed by atoms with Crippen molar-refractivity contribution in [2.24, 2.45) is 0 Å². The monoisotopic (exact) mass is 290 g/mol. The third kappa shape index (κ3) is 3.07. The molecule has 0 spiro atoms. The molecule has 0 saturated carbocycles. The minimum absolute atomic E-state index is 0.0107. The fraction of sp³-hybridized carbons (Fsp3) is 0.286. The second-order valence-electron chi connectivity index (χ2n) is 4.73. The molecule has 7 heteroatoms. The summed E-state index contributed by atoms with van der Waals surface area (Å²) in [5.41, 5.74) is 1.59. The number of hydrogen-bond acceptors (Lipinski definition) is 4. The molecule has 1 aliphatic rings. The number of nitrogens with zero attached hydrogens (tertiary/aromatic N) is 1. The topological polar surface area (TPSA) is 104 Å². The SMILES string of the molecule is Cc1ccc2c(c1)C(=O)N(CCNC(=O)CC(=O)O)C2=O. The summed E-state index contributed by atoms with van der Waals surface area (Å²) < 4.78 is 0. The van der Waals surface area contributed by atoms with Crippen molar-refractivity contribution in [3.05, 3.63) is 34.9 Å². The van der Waals surface area contributed by atoms with E-state index in [-0.39, 0.29) is 13.1 Å². The van der Waals surface area contributed by atoms with Gasteiger partial charge in [-0.2, -0.15) is 0 Å². The Bertz CT molecular complexity index is 638. The van der Waals surface area contributed by atoms with Crippen LogP contribution in [0, 0.1) is 6.92 Å². The first-order valence-corrected chi connectivity index (χ1v) is 6.35. The van der Waals surface area contributed by atoms with Crippen LogP contribution in [0.15, 0.2) is 18.2 Å². The Morgan fingerprint density at radius 3 is 2.52 bits per heavy atom. The van der Waals surface area contributed by atoms with E-state index in [0.717, 1.165) is 10.5 Å². The van der Waals surface area contributed by atoms with E-state index in [2.05, 4.69) is 5.32 Å². The van der Waals surface area contributed by atoms with Gasteiger partial charge in [0, 0.05) is 13.1 Å². The maximum absolute atomic E-state index is 12.1. The predicted octanol–water partition coefficient (Wildman–Crippen LogP) is 0.182. The van der Waals surface area contributed by atoms with E-state index < -0.39 is 30.1 Å². The number of hydrogen-bond donors (Lipinski definition) is 2. The van der Waals surface area contributed by atoms with Gasteiger partial charge in [-0.25, -0.2) is 0 Å². The predicted molar refractivity (Wildman–Crippen MR) is 71.8 cm³/mol. The molecule has 0 aliphatic carbocycles. The summed E-state index contributed by atoms with van der Waals surface area (Å²) in [7, 11) is 0. The summed E-state index contributed by atoms with van der Waals surface area (Å²) in [6, 6.07) is 5.01. The number of rotatable bonds is 5. The van der Waals surface area contributed by atoms with E-state index in [1.165, 1.54) is 0 Å². The first-order chi connectivity index (χ1) is 9.90. The lowest BCUT2D eigenvalue weighted by Crippen LogP contribution is -2.38. The number of aliphatic carboxylic acids is 1. The van der Waals surface area contributed by atoms with Gasteiger partial charge in [-0.3, -0.25) is 24.1 Å². The molecule has 0 unspecified atom stereocenters. The van der Waals surface area contributed by atoms with Crippen molar-refractivity contribution in [2.75, 3.05) is 13.1 Å². The van der Waals surface area contributed by atoms with Gasteiger partial charge in [-0.15, -0.1) is 0 Å². The molecule has 0 fully saturated rings. The van der Waals surface area contributed by atoms with Gasteiger partial charge in [0.05, 0.1) is 11.1 Å². The van der Waals surface area contributed by atoms with Crippen molar-refractivity contribution < 1.29 is 24.3 Å². The van der Waals surface area contributed by atoms with Crippen molar-refractivity contribution >= 4 is 23.7 Å². The molecular weight excluding hydrogens is 276 g/mol. The summed E-state index contributed by atoms with van der Waals surface area (Å²) in [6.45, 7) is 1.86. The van der Waals surface area contributed by atoms with Crippen molar-refractivity contribution in [1.82, 2.24) is 10.2 Å². The highest BCUT2D eigenvalue weighted by molar-refractivity contribution is 6.21. The van der Waals surface area contributed by atoms with E-state index in [1.54, 1.807) is 18.2 Å². The van der Waals surface area contributed by atoms with E-state index in [9.17, 15) is 19.2 Å². The van der Waals surface area contributed by atoms with Crippen LogP contribution in [0.5, 0.6) is 0 Å². The van der Waals surface area contributed by atoms with Crippen LogP contribution < -0.4 is 5.32 Å². The third-order valence-electron chi connectivity index (χ3n) is 3.10. The number of amides is 3. The van der Waals surface area contributed by atoms with Gasteiger partial charge in [0.15, 0.2) is 0 Å². The van der Waals surface area contributed by atoms with Crippen LogP contribution >= 0.6 is 0 Å². The summed E-state index contributed by atoms with van der Waals surface area (Å²) >= 11 is 0. The normalized spacial score (nSPS) is 13.3. The van der Waals surface area contributed by atoms with Gasteiger partial charge in [0.25, 0.3) is 11.8 Å². The molecule has 0 atom stereocenters. The van der Waals surface area contributed by atoms with Crippen molar-refractivity contribution in [2.45, 2.75) is 13.3 Å². The number of fused-ring (bicyclic) bond motifs is 1. The van der Waals surface area contributed by atoms with Crippen LogP contribution in [0.3, 0.4) is 0 Å². The summed E-state index contributed by atoms with van der Waals surface area (Å²) in [5, 5.41) is 10.8. The number of carbonyl (C=O) groups excluding carboxylic acids is 3. The molecule has 1 aromatic carbocycles. The van der Waals surface area contributed by atoms with Crippen molar-refractivity contribution in [3.63, 3.8) is 0 Å². The van der Waals surface area contributed by atoms with Crippen molar-refractivity contribution in [1.29, 1.82) is 0 Å². The maximum Gasteiger partial charge on any atom is 0.312 e. The number of benzene rings is 1. The number of nitrogens with one attached hydrogen (secondary N) is 1. The Hall–Kier alpha value is -2.70. The van der Waals surface area contributed by atoms with E-state index in [1.807, 2.05) is 6.92 Å². The van der Waals surface area contributed by atoms with Gasteiger partial charge in [0.1, 0.15) is 6.42 Å². The zero-order valence-electron chi connectivity index (χ0n) is 11.4. The van der Waals surface area contributed by atoms with Crippen LogP contribution in [-0.2, 0) is 9.59 Å². The molecular formula is C14H14N2O5. The highest BCUT2D eigenvalue weighted by Crippen LogP contribution is 2.23. The first kappa shape index (κ1) is 14.7. The molecule has 1 aliphatic heterocycles. The lowest BCUT2D eigenvalue weighted by atomic mass is 10.1. The highest BCUT2D eigenvalue weighted by Gasteiger charge is 2.34. The quantitative estimate of drug-likeness (QED) is 0.595. The molecule has 3 amide bonds. The van der Waals surface area contributed by atoms with E-state index in [0.29, 0.717) is 11.1 Å². The second-order valence-corrected chi connectivity index (χ2v) is 4.73. The van der Waals surface area contributed by atoms with Crippen LogP contribution in [0.4, 0.5) is 0 Å². The van der Waals surface area contributed by atoms with Gasteiger partial charge < -0.3 is 10.4 Å². The molecule has 0 saturated heterocycles. The number of carboxylic acid groups (broad SMARTS) is 1. The minimum Gasteiger partial charge on any atom is -0.481 e. The molecule has 0 aromatic heterocycles. The Morgan fingerprint density at radius 1 is 1.19 bits per heavy atom. The fourth-order valence-electron chi connectivity index (χ4n) is 2.11. The average molecular weight is 290 g/mol.